The number of aliphatic hydroxyl groups is 1. The first kappa shape index (κ1) is 14.2. The summed E-state index contributed by atoms with van der Waals surface area (Å²) in [5.74, 6) is 0. The van der Waals surface area contributed by atoms with Crippen LogP contribution in [0.2, 0.25) is 0 Å². The Balaban J connectivity index is 2.37. The van der Waals surface area contributed by atoms with Gasteiger partial charge in [-0.1, -0.05) is 60.7 Å². The molecule has 0 aliphatic rings. The van der Waals surface area contributed by atoms with Crippen molar-refractivity contribution in [1.82, 2.24) is 5.43 Å². The molecule has 0 heterocycles. The number of nitrogens with one attached hydrogen (secondary N) is 1. The van der Waals surface area contributed by atoms with Crippen molar-refractivity contribution in [1.29, 1.82) is 0 Å². The molecule has 20 heavy (non-hydrogen) atoms. The van der Waals surface area contributed by atoms with Crippen LogP contribution < -0.4 is 11.2 Å². The average Bonchev–Trinajstić information content (AvgIpc) is 2.49. The Morgan fingerprint density at radius 1 is 1.05 bits per heavy atom. The first-order valence-electron chi connectivity index (χ1n) is 6.10. The zero-order valence-electron chi connectivity index (χ0n) is 10.7. The summed E-state index contributed by atoms with van der Waals surface area (Å²) in [5, 5.41) is 14.7. The second-order valence-corrected chi connectivity index (χ2v) is 4.59. The minimum Gasteiger partial charge on any atom is -0.382 e. The smallest absolute Gasteiger partial charge is 0.184 e. The topological polar surface area (TPSA) is 70.6 Å². The van der Waals surface area contributed by atoms with Gasteiger partial charge in [0.2, 0.25) is 0 Å². The third-order valence-corrected chi connectivity index (χ3v) is 2.82. The largest absolute Gasteiger partial charge is 0.382 e. The van der Waals surface area contributed by atoms with Crippen LogP contribution in [0.25, 0.3) is 0 Å². The zero-order chi connectivity index (χ0) is 14.4. The summed E-state index contributed by atoms with van der Waals surface area (Å²) < 4.78 is 0. The van der Waals surface area contributed by atoms with E-state index in [0.29, 0.717) is 5.71 Å². The van der Waals surface area contributed by atoms with Gasteiger partial charge in [0.1, 0.15) is 11.8 Å². The van der Waals surface area contributed by atoms with E-state index in [-0.39, 0.29) is 5.11 Å². The van der Waals surface area contributed by atoms with E-state index in [4.69, 9.17) is 18.0 Å². The lowest BCUT2D eigenvalue weighted by Gasteiger charge is -2.14. The molecule has 4 N–H and O–H groups in total. The van der Waals surface area contributed by atoms with Crippen LogP contribution in [0, 0.1) is 0 Å². The molecule has 0 amide bonds. The van der Waals surface area contributed by atoms with Crippen molar-refractivity contribution >= 4 is 23.0 Å². The lowest BCUT2D eigenvalue weighted by atomic mass is 9.99. The molecule has 0 radical (unpaired) electrons. The van der Waals surface area contributed by atoms with E-state index in [2.05, 4.69) is 10.5 Å². The molecule has 2 rings (SSSR count). The molecule has 0 spiro atoms. The fourth-order valence-electron chi connectivity index (χ4n) is 1.80. The number of hydrogen-bond acceptors (Lipinski definition) is 3. The SMILES string of the molecule is NC(=S)NN=C(c1ccccc1)C(O)c1ccccc1. The molecule has 1 unspecified atom stereocenters. The summed E-state index contributed by atoms with van der Waals surface area (Å²) in [4.78, 5) is 0. The van der Waals surface area contributed by atoms with Gasteiger partial charge in [-0.2, -0.15) is 5.10 Å². The summed E-state index contributed by atoms with van der Waals surface area (Å²) >= 11 is 4.75. The maximum atomic E-state index is 10.5. The molecule has 0 aliphatic heterocycles. The average molecular weight is 285 g/mol. The molecule has 0 bridgehead atoms. The van der Waals surface area contributed by atoms with Gasteiger partial charge in [0.15, 0.2) is 5.11 Å². The van der Waals surface area contributed by atoms with Crippen LogP contribution in [0.3, 0.4) is 0 Å². The highest BCUT2D eigenvalue weighted by molar-refractivity contribution is 7.80. The number of benzene rings is 2. The summed E-state index contributed by atoms with van der Waals surface area (Å²) in [7, 11) is 0. The highest BCUT2D eigenvalue weighted by atomic mass is 32.1. The van der Waals surface area contributed by atoms with Crippen LogP contribution >= 0.6 is 12.2 Å². The maximum absolute atomic E-state index is 10.5. The van der Waals surface area contributed by atoms with Gasteiger partial charge in [-0.25, -0.2) is 0 Å². The third kappa shape index (κ3) is 3.63. The normalized spacial score (nSPS) is 12.8. The van der Waals surface area contributed by atoms with Crippen LogP contribution in [0.4, 0.5) is 0 Å². The van der Waals surface area contributed by atoms with Gasteiger partial charge >= 0.3 is 0 Å². The fraction of sp³-hybridized carbons (Fsp3) is 0.0667. The predicted molar refractivity (Wildman–Crippen MR) is 84.3 cm³/mol. The molecule has 0 saturated heterocycles. The third-order valence-electron chi connectivity index (χ3n) is 2.73. The second-order valence-electron chi connectivity index (χ2n) is 4.15. The van der Waals surface area contributed by atoms with Gasteiger partial charge in [-0.15, -0.1) is 0 Å². The van der Waals surface area contributed by atoms with Gasteiger partial charge < -0.3 is 10.8 Å². The molecule has 0 saturated carbocycles. The lowest BCUT2D eigenvalue weighted by molar-refractivity contribution is 0.247. The Hall–Kier alpha value is -2.24. The van der Waals surface area contributed by atoms with Crippen LogP contribution in [-0.2, 0) is 0 Å². The van der Waals surface area contributed by atoms with E-state index in [9.17, 15) is 5.11 Å². The lowest BCUT2D eigenvalue weighted by Crippen LogP contribution is -2.27. The van der Waals surface area contributed by atoms with Crippen molar-refractivity contribution in [2.45, 2.75) is 6.10 Å². The molecule has 0 aromatic heterocycles. The number of nitrogens with zero attached hydrogens (tertiary/aromatic N) is 1. The van der Waals surface area contributed by atoms with Crippen LogP contribution in [0.5, 0.6) is 0 Å². The Morgan fingerprint density at radius 2 is 1.60 bits per heavy atom. The van der Waals surface area contributed by atoms with E-state index in [1.165, 1.54) is 0 Å². The van der Waals surface area contributed by atoms with E-state index < -0.39 is 6.10 Å². The van der Waals surface area contributed by atoms with E-state index in [0.717, 1.165) is 11.1 Å². The fourth-order valence-corrected chi connectivity index (χ4v) is 1.85. The molecule has 2 aromatic rings. The summed E-state index contributed by atoms with van der Waals surface area (Å²) in [6.45, 7) is 0. The predicted octanol–water partition coefficient (Wildman–Crippen LogP) is 1.96. The van der Waals surface area contributed by atoms with Gasteiger partial charge in [-0.05, 0) is 17.8 Å². The number of hydrazone groups is 1. The standard InChI is InChI=1S/C15H15N3OS/c16-15(20)18-17-13(11-7-3-1-4-8-11)14(19)12-9-5-2-6-10-12/h1-10,14,19H,(H3,16,18,20). The van der Waals surface area contributed by atoms with Gasteiger partial charge in [-0.3, -0.25) is 5.43 Å². The second kappa shape index (κ2) is 6.79. The van der Waals surface area contributed by atoms with Crippen LogP contribution in [-0.4, -0.2) is 15.9 Å². The number of aliphatic hydroxyl groups excluding tert-OH is 1. The number of rotatable bonds is 4. The van der Waals surface area contributed by atoms with E-state index in [1.807, 2.05) is 60.7 Å². The van der Waals surface area contributed by atoms with Gasteiger partial charge in [0.25, 0.3) is 0 Å². The number of nitrogens with two attached hydrogens (primary N) is 1. The minimum atomic E-state index is -0.861. The molecule has 0 fully saturated rings. The number of hydrogen-bond donors (Lipinski definition) is 3. The van der Waals surface area contributed by atoms with E-state index in [1.54, 1.807) is 0 Å². The highest BCUT2D eigenvalue weighted by Crippen LogP contribution is 2.18. The van der Waals surface area contributed by atoms with Crippen molar-refractivity contribution < 1.29 is 5.11 Å². The monoisotopic (exact) mass is 285 g/mol. The first-order chi connectivity index (χ1) is 9.68. The minimum absolute atomic E-state index is 0.0543. The number of thiocarbonyl (C=S) groups is 1. The molecule has 0 aliphatic carbocycles. The molecular formula is C15H15N3OS. The van der Waals surface area contributed by atoms with Crippen molar-refractivity contribution in [2.24, 2.45) is 10.8 Å². The highest BCUT2D eigenvalue weighted by Gasteiger charge is 2.17. The molecule has 5 heteroatoms. The molecule has 1 atom stereocenters. The van der Waals surface area contributed by atoms with Crippen molar-refractivity contribution in [3.63, 3.8) is 0 Å². The van der Waals surface area contributed by atoms with Gasteiger partial charge in [0, 0.05) is 5.56 Å². The Bertz CT molecular complexity index is 599. The maximum Gasteiger partial charge on any atom is 0.184 e. The Morgan fingerprint density at radius 3 is 2.15 bits per heavy atom. The van der Waals surface area contributed by atoms with Crippen molar-refractivity contribution in [2.75, 3.05) is 0 Å². The first-order valence-corrected chi connectivity index (χ1v) is 6.51. The zero-order valence-corrected chi connectivity index (χ0v) is 11.5. The Kier molecular flexibility index (Phi) is 4.81. The molecule has 102 valence electrons. The molecule has 4 nitrogen and oxygen atoms in total. The van der Waals surface area contributed by atoms with E-state index >= 15 is 0 Å². The summed E-state index contributed by atoms with van der Waals surface area (Å²) in [5.41, 5.74) is 9.93. The van der Waals surface area contributed by atoms with Crippen LogP contribution in [0.15, 0.2) is 65.8 Å². The van der Waals surface area contributed by atoms with Gasteiger partial charge in [0.05, 0.1) is 0 Å². The van der Waals surface area contributed by atoms with Crippen LogP contribution in [0.1, 0.15) is 17.2 Å². The van der Waals surface area contributed by atoms with Crippen molar-refractivity contribution in [3.8, 4) is 0 Å². The molecule has 2 aromatic carbocycles. The Labute approximate surface area is 122 Å². The molecular weight excluding hydrogens is 270 g/mol. The summed E-state index contributed by atoms with van der Waals surface area (Å²) in [6, 6.07) is 18.7. The van der Waals surface area contributed by atoms with Crippen molar-refractivity contribution in [3.05, 3.63) is 71.8 Å². The summed E-state index contributed by atoms with van der Waals surface area (Å²) in [6.07, 6.45) is -0.861. The quantitative estimate of drug-likeness (QED) is 0.456.